The fourth-order valence-electron chi connectivity index (χ4n) is 7.77. The highest BCUT2D eigenvalue weighted by Crippen LogP contribution is 2.65. The van der Waals surface area contributed by atoms with Gasteiger partial charge in [-0.3, -0.25) is 9.59 Å². The van der Waals surface area contributed by atoms with E-state index < -0.39 is 5.97 Å². The van der Waals surface area contributed by atoms with Crippen LogP contribution in [0.3, 0.4) is 0 Å². The Morgan fingerprint density at radius 1 is 0.939 bits per heavy atom. The summed E-state index contributed by atoms with van der Waals surface area (Å²) < 4.78 is 0. The first kappa shape index (κ1) is 26.4. The van der Waals surface area contributed by atoms with Crippen molar-refractivity contribution >= 4 is 11.8 Å². The first-order valence-corrected chi connectivity index (χ1v) is 13.9. The maximum absolute atomic E-state index is 11.8. The van der Waals surface area contributed by atoms with Gasteiger partial charge in [0.25, 0.3) is 0 Å². The molecular weight excluding hydrogens is 412 g/mol. The van der Waals surface area contributed by atoms with Crippen molar-refractivity contribution in [2.24, 2.45) is 28.6 Å². The van der Waals surface area contributed by atoms with Crippen molar-refractivity contribution in [1.29, 1.82) is 0 Å². The smallest absolute Gasteiger partial charge is 0.303 e. The summed E-state index contributed by atoms with van der Waals surface area (Å²) in [5.74, 6) is 1.91. The summed E-state index contributed by atoms with van der Waals surface area (Å²) in [5.41, 5.74) is 1.89. The van der Waals surface area contributed by atoms with Gasteiger partial charge in [-0.2, -0.15) is 0 Å². The molecule has 0 aromatic carbocycles. The molecule has 3 saturated carbocycles. The molecule has 4 heteroatoms. The first-order chi connectivity index (χ1) is 15.7. The maximum atomic E-state index is 11.8. The van der Waals surface area contributed by atoms with E-state index in [1.54, 1.807) is 0 Å². The van der Waals surface area contributed by atoms with E-state index in [1.807, 2.05) is 6.08 Å². The van der Waals surface area contributed by atoms with Crippen molar-refractivity contribution in [3.63, 3.8) is 0 Å². The van der Waals surface area contributed by atoms with Crippen molar-refractivity contribution in [3.8, 4) is 0 Å². The second kappa shape index (κ2) is 11.5. The van der Waals surface area contributed by atoms with Crippen LogP contribution < -0.4 is 0 Å². The third-order valence-electron chi connectivity index (χ3n) is 9.91. The van der Waals surface area contributed by atoms with Gasteiger partial charge in [0.2, 0.25) is 0 Å². The molecule has 4 aliphatic carbocycles. The lowest BCUT2D eigenvalue weighted by molar-refractivity contribution is -0.137. The second-order valence-electron chi connectivity index (χ2n) is 11.9. The average molecular weight is 461 g/mol. The van der Waals surface area contributed by atoms with E-state index in [0.717, 1.165) is 50.4 Å². The lowest BCUT2D eigenvalue weighted by Gasteiger charge is -2.57. The summed E-state index contributed by atoms with van der Waals surface area (Å²) in [6.45, 7) is 6.96. The number of allylic oxidation sites excluding steroid dienone is 1. The van der Waals surface area contributed by atoms with E-state index in [0.29, 0.717) is 18.1 Å². The standard InChI is InChI=1S/C19H28O2.C10H20O2/c1-18-9-7-13(20)11-12(18)3-4-14-15-5-6-17(21)19(15,2)10-8-16(14)18;1-2-3-4-5-6-7-8-9-10(11)12/h11,14-17,21H,3-10H2,1-2H3;2-9H2,1H3,(H,11,12)/t14-,15-,16-,17-,18-,19-;/m0./s1. The number of aliphatic hydroxyl groups is 1. The molecule has 6 atom stereocenters. The maximum Gasteiger partial charge on any atom is 0.303 e. The van der Waals surface area contributed by atoms with Gasteiger partial charge in [0.15, 0.2) is 5.78 Å². The minimum Gasteiger partial charge on any atom is -0.481 e. The summed E-state index contributed by atoms with van der Waals surface area (Å²) in [5, 5.41) is 18.8. The molecule has 188 valence electrons. The summed E-state index contributed by atoms with van der Waals surface area (Å²) in [6.07, 6.45) is 19.3. The summed E-state index contributed by atoms with van der Waals surface area (Å²) >= 11 is 0. The van der Waals surface area contributed by atoms with Gasteiger partial charge in [-0.25, -0.2) is 0 Å². The van der Waals surface area contributed by atoms with Crippen molar-refractivity contribution in [3.05, 3.63) is 11.6 Å². The number of carbonyl (C=O) groups is 2. The van der Waals surface area contributed by atoms with Crippen LogP contribution in [0, 0.1) is 28.6 Å². The Kier molecular flexibility index (Phi) is 9.23. The topological polar surface area (TPSA) is 74.6 Å². The minimum atomic E-state index is -0.663. The Labute approximate surface area is 201 Å². The molecule has 0 aliphatic heterocycles. The number of hydrogen-bond acceptors (Lipinski definition) is 3. The van der Waals surface area contributed by atoms with Gasteiger partial charge in [-0.15, -0.1) is 0 Å². The van der Waals surface area contributed by atoms with Crippen molar-refractivity contribution in [1.82, 2.24) is 0 Å². The lowest BCUT2D eigenvalue weighted by atomic mass is 9.47. The Balaban J connectivity index is 0.000000221. The zero-order chi connectivity index (χ0) is 24.1. The number of aliphatic carboxylic acids is 1. The molecule has 0 aromatic heterocycles. The van der Waals surface area contributed by atoms with Gasteiger partial charge in [-0.1, -0.05) is 64.9 Å². The number of fused-ring (bicyclic) bond motifs is 5. The number of carbonyl (C=O) groups excluding carboxylic acids is 1. The molecule has 4 aliphatic rings. The monoisotopic (exact) mass is 460 g/mol. The Morgan fingerprint density at radius 3 is 2.33 bits per heavy atom. The quantitative estimate of drug-likeness (QED) is 0.379. The zero-order valence-corrected chi connectivity index (χ0v) is 21.4. The Morgan fingerprint density at radius 2 is 1.64 bits per heavy atom. The zero-order valence-electron chi connectivity index (χ0n) is 21.4. The van der Waals surface area contributed by atoms with Crippen LogP contribution in [-0.4, -0.2) is 28.1 Å². The van der Waals surface area contributed by atoms with Crippen LogP contribution in [-0.2, 0) is 9.59 Å². The molecule has 4 rings (SSSR count). The summed E-state index contributed by atoms with van der Waals surface area (Å²) in [6, 6.07) is 0. The molecule has 4 nitrogen and oxygen atoms in total. The number of rotatable bonds is 8. The highest BCUT2D eigenvalue weighted by molar-refractivity contribution is 5.91. The number of aliphatic hydroxyl groups excluding tert-OH is 1. The third kappa shape index (κ3) is 5.92. The highest BCUT2D eigenvalue weighted by atomic mass is 16.4. The first-order valence-electron chi connectivity index (χ1n) is 13.9. The van der Waals surface area contributed by atoms with Crippen LogP contribution in [0.4, 0.5) is 0 Å². The predicted molar refractivity (Wildman–Crippen MR) is 133 cm³/mol. The molecular formula is C29H48O4. The molecule has 0 amide bonds. The third-order valence-corrected chi connectivity index (χ3v) is 9.91. The van der Waals surface area contributed by atoms with E-state index in [1.165, 1.54) is 63.4 Å². The fraction of sp³-hybridized carbons (Fsp3) is 0.862. The summed E-state index contributed by atoms with van der Waals surface area (Å²) in [4.78, 5) is 21.9. The summed E-state index contributed by atoms with van der Waals surface area (Å²) in [7, 11) is 0. The van der Waals surface area contributed by atoms with Gasteiger partial charge in [-0.05, 0) is 86.0 Å². The number of unbranched alkanes of at least 4 members (excludes halogenated alkanes) is 6. The van der Waals surface area contributed by atoms with Crippen LogP contribution in [0.2, 0.25) is 0 Å². The molecule has 0 bridgehead atoms. The van der Waals surface area contributed by atoms with Crippen LogP contribution in [0.25, 0.3) is 0 Å². The van der Waals surface area contributed by atoms with Crippen molar-refractivity contribution < 1.29 is 19.8 Å². The van der Waals surface area contributed by atoms with E-state index in [4.69, 9.17) is 5.11 Å². The van der Waals surface area contributed by atoms with Crippen molar-refractivity contribution in [2.45, 2.75) is 130 Å². The minimum absolute atomic E-state index is 0.0823. The molecule has 0 unspecified atom stereocenters. The molecule has 0 spiro atoms. The molecule has 33 heavy (non-hydrogen) atoms. The van der Waals surface area contributed by atoms with E-state index >= 15 is 0 Å². The molecule has 0 radical (unpaired) electrons. The number of carboxylic acids is 1. The molecule has 0 aromatic rings. The van der Waals surface area contributed by atoms with Gasteiger partial charge < -0.3 is 10.2 Å². The van der Waals surface area contributed by atoms with Crippen LogP contribution in [0.15, 0.2) is 11.6 Å². The number of ketones is 1. The largest absolute Gasteiger partial charge is 0.481 e. The Bertz CT molecular complexity index is 712. The molecule has 0 heterocycles. The normalized spacial score (nSPS) is 37.2. The predicted octanol–water partition coefficient (Wildman–Crippen LogP) is 7.09. The fourth-order valence-corrected chi connectivity index (χ4v) is 7.77. The lowest BCUT2D eigenvalue weighted by Crippen LogP contribution is -2.51. The molecule has 2 N–H and O–H groups in total. The molecule has 3 fully saturated rings. The number of hydrogen-bond donors (Lipinski definition) is 2. The average Bonchev–Trinajstić information content (AvgIpc) is 3.08. The van der Waals surface area contributed by atoms with E-state index in [9.17, 15) is 14.7 Å². The molecule has 0 saturated heterocycles. The van der Waals surface area contributed by atoms with Crippen LogP contribution in [0.5, 0.6) is 0 Å². The van der Waals surface area contributed by atoms with Crippen molar-refractivity contribution in [2.75, 3.05) is 0 Å². The highest BCUT2D eigenvalue weighted by Gasteiger charge is 2.58. The second-order valence-corrected chi connectivity index (χ2v) is 11.9. The Hall–Kier alpha value is -1.16. The van der Waals surface area contributed by atoms with Crippen LogP contribution >= 0.6 is 0 Å². The van der Waals surface area contributed by atoms with Gasteiger partial charge in [0.1, 0.15) is 0 Å². The van der Waals surface area contributed by atoms with Gasteiger partial charge in [0.05, 0.1) is 6.10 Å². The van der Waals surface area contributed by atoms with E-state index in [2.05, 4.69) is 20.8 Å². The van der Waals surface area contributed by atoms with Gasteiger partial charge >= 0.3 is 5.97 Å². The van der Waals surface area contributed by atoms with E-state index in [-0.39, 0.29) is 16.9 Å². The SMILES string of the molecule is CCCCCCCCCC(=O)O.C[C@]12CC[C@H]3[C@@H](CCC4=CC(=O)CC[C@@]43C)[C@@H]1CC[C@@H]2O. The number of carboxylic acid groups (broad SMARTS) is 1. The van der Waals surface area contributed by atoms with Gasteiger partial charge in [0, 0.05) is 12.8 Å². The van der Waals surface area contributed by atoms with Crippen LogP contribution in [0.1, 0.15) is 124 Å².